The number of benzene rings is 1. The highest BCUT2D eigenvalue weighted by Gasteiger charge is 2.09. The van der Waals surface area contributed by atoms with Gasteiger partial charge in [0.25, 0.3) is 5.56 Å². The van der Waals surface area contributed by atoms with Crippen molar-refractivity contribution in [3.63, 3.8) is 0 Å². The van der Waals surface area contributed by atoms with Gasteiger partial charge in [0.05, 0.1) is 12.7 Å². The Morgan fingerprint density at radius 3 is 2.37 bits per heavy atom. The van der Waals surface area contributed by atoms with E-state index in [4.69, 9.17) is 15.3 Å². The predicted molar refractivity (Wildman–Crippen MR) is 68.5 cm³/mol. The molecule has 0 saturated carbocycles. The zero-order valence-electron chi connectivity index (χ0n) is 10.1. The van der Waals surface area contributed by atoms with Crippen molar-refractivity contribution in [3.8, 4) is 29.1 Å². The Hall–Kier alpha value is -3.05. The SMILES string of the molecule is COc1ccc(-c2cc(C#N)c(C#N)c(=O)[nH]2)cc1. The molecular formula is C14H9N3O2. The Morgan fingerprint density at radius 1 is 1.16 bits per heavy atom. The molecule has 1 aromatic heterocycles. The van der Waals surface area contributed by atoms with E-state index < -0.39 is 5.56 Å². The van der Waals surface area contributed by atoms with Gasteiger partial charge in [-0.2, -0.15) is 10.5 Å². The molecule has 0 amide bonds. The van der Waals surface area contributed by atoms with Gasteiger partial charge in [0, 0.05) is 5.69 Å². The molecule has 0 fully saturated rings. The van der Waals surface area contributed by atoms with Crippen LogP contribution in [0, 0.1) is 22.7 Å². The molecule has 92 valence electrons. The molecule has 5 heteroatoms. The van der Waals surface area contributed by atoms with Crippen molar-refractivity contribution in [3.05, 3.63) is 51.8 Å². The van der Waals surface area contributed by atoms with Gasteiger partial charge in [-0.15, -0.1) is 0 Å². The Labute approximate surface area is 109 Å². The van der Waals surface area contributed by atoms with Crippen LogP contribution in [0.2, 0.25) is 0 Å². The number of aromatic amines is 1. The molecule has 0 aliphatic carbocycles. The number of nitriles is 2. The number of nitrogens with zero attached hydrogens (tertiary/aromatic N) is 2. The molecule has 0 radical (unpaired) electrons. The average Bonchev–Trinajstić information content (AvgIpc) is 2.46. The van der Waals surface area contributed by atoms with Gasteiger partial charge >= 0.3 is 0 Å². The minimum atomic E-state index is -0.563. The molecule has 1 heterocycles. The summed E-state index contributed by atoms with van der Waals surface area (Å²) >= 11 is 0. The number of hydrogen-bond donors (Lipinski definition) is 1. The zero-order chi connectivity index (χ0) is 13.8. The lowest BCUT2D eigenvalue weighted by molar-refractivity contribution is 0.415. The van der Waals surface area contributed by atoms with E-state index in [1.165, 1.54) is 6.07 Å². The van der Waals surface area contributed by atoms with E-state index in [2.05, 4.69) is 4.98 Å². The van der Waals surface area contributed by atoms with E-state index in [1.807, 2.05) is 6.07 Å². The van der Waals surface area contributed by atoms with Crippen molar-refractivity contribution in [2.75, 3.05) is 7.11 Å². The first kappa shape index (κ1) is 12.4. The number of hydrogen-bond acceptors (Lipinski definition) is 4. The predicted octanol–water partition coefficient (Wildman–Crippen LogP) is 1.79. The second-order valence-electron chi connectivity index (χ2n) is 3.75. The van der Waals surface area contributed by atoms with Crippen LogP contribution >= 0.6 is 0 Å². The number of H-pyrrole nitrogens is 1. The normalized spacial score (nSPS) is 9.42. The molecule has 5 nitrogen and oxygen atoms in total. The molecule has 0 aliphatic heterocycles. The fourth-order valence-electron chi connectivity index (χ4n) is 1.68. The molecule has 0 spiro atoms. The van der Waals surface area contributed by atoms with Crippen molar-refractivity contribution in [1.29, 1.82) is 10.5 Å². The minimum Gasteiger partial charge on any atom is -0.497 e. The highest BCUT2D eigenvalue weighted by atomic mass is 16.5. The lowest BCUT2D eigenvalue weighted by Gasteiger charge is -2.04. The first-order chi connectivity index (χ1) is 9.19. The Kier molecular flexibility index (Phi) is 3.31. The number of rotatable bonds is 2. The molecule has 2 rings (SSSR count). The second kappa shape index (κ2) is 5.07. The van der Waals surface area contributed by atoms with Crippen LogP contribution in [0.4, 0.5) is 0 Å². The van der Waals surface area contributed by atoms with Crippen LogP contribution in [0.25, 0.3) is 11.3 Å². The van der Waals surface area contributed by atoms with Gasteiger partial charge in [-0.1, -0.05) is 0 Å². The fraction of sp³-hybridized carbons (Fsp3) is 0.0714. The summed E-state index contributed by atoms with van der Waals surface area (Å²) in [5.41, 5.74) is 0.561. The summed E-state index contributed by atoms with van der Waals surface area (Å²) in [4.78, 5) is 14.3. The van der Waals surface area contributed by atoms with Crippen molar-refractivity contribution >= 4 is 0 Å². The molecule has 0 unspecified atom stereocenters. The Balaban J connectivity index is 2.58. The fourth-order valence-corrected chi connectivity index (χ4v) is 1.68. The van der Waals surface area contributed by atoms with Gasteiger partial charge in [-0.3, -0.25) is 4.79 Å². The van der Waals surface area contributed by atoms with Gasteiger partial charge in [-0.05, 0) is 35.9 Å². The third-order valence-electron chi connectivity index (χ3n) is 2.67. The summed E-state index contributed by atoms with van der Waals surface area (Å²) in [6.07, 6.45) is 0. The van der Waals surface area contributed by atoms with Crippen molar-refractivity contribution < 1.29 is 4.74 Å². The van der Waals surface area contributed by atoms with Gasteiger partial charge in [0.2, 0.25) is 0 Å². The average molecular weight is 251 g/mol. The third kappa shape index (κ3) is 2.31. The van der Waals surface area contributed by atoms with Crippen LogP contribution in [-0.4, -0.2) is 12.1 Å². The van der Waals surface area contributed by atoms with Gasteiger partial charge < -0.3 is 9.72 Å². The number of pyridine rings is 1. The summed E-state index contributed by atoms with van der Waals surface area (Å²) < 4.78 is 5.04. The van der Waals surface area contributed by atoms with Crippen LogP contribution in [0.15, 0.2) is 35.1 Å². The van der Waals surface area contributed by atoms with Gasteiger partial charge in [0.15, 0.2) is 0 Å². The first-order valence-corrected chi connectivity index (χ1v) is 5.41. The molecule has 0 bridgehead atoms. The van der Waals surface area contributed by atoms with Crippen LogP contribution in [0.1, 0.15) is 11.1 Å². The monoisotopic (exact) mass is 251 g/mol. The topological polar surface area (TPSA) is 89.7 Å². The lowest BCUT2D eigenvalue weighted by Crippen LogP contribution is -2.13. The molecule has 0 saturated heterocycles. The Morgan fingerprint density at radius 2 is 1.84 bits per heavy atom. The van der Waals surface area contributed by atoms with Crippen molar-refractivity contribution in [1.82, 2.24) is 4.98 Å². The highest BCUT2D eigenvalue weighted by molar-refractivity contribution is 5.63. The highest BCUT2D eigenvalue weighted by Crippen LogP contribution is 2.21. The number of methoxy groups -OCH3 is 1. The van der Waals surface area contributed by atoms with Crippen molar-refractivity contribution in [2.24, 2.45) is 0 Å². The molecule has 0 aliphatic rings. The summed E-state index contributed by atoms with van der Waals surface area (Å²) in [5, 5.41) is 17.8. The summed E-state index contributed by atoms with van der Waals surface area (Å²) in [5.74, 6) is 0.695. The maximum Gasteiger partial charge on any atom is 0.267 e. The standard InChI is InChI=1S/C14H9N3O2/c1-19-11-4-2-9(3-5-11)13-6-10(7-15)12(8-16)14(18)17-13/h2-6H,1H3,(H,17,18). The van der Waals surface area contributed by atoms with E-state index >= 15 is 0 Å². The minimum absolute atomic E-state index is 0.0667. The second-order valence-corrected chi connectivity index (χ2v) is 3.75. The van der Waals surface area contributed by atoms with Crippen LogP contribution in [0.5, 0.6) is 5.75 Å². The summed E-state index contributed by atoms with van der Waals surface area (Å²) in [7, 11) is 1.56. The van der Waals surface area contributed by atoms with Crippen LogP contribution < -0.4 is 10.3 Å². The van der Waals surface area contributed by atoms with E-state index in [0.29, 0.717) is 11.4 Å². The number of aromatic nitrogens is 1. The summed E-state index contributed by atoms with van der Waals surface area (Å²) in [6, 6.07) is 12.1. The molecular weight excluding hydrogens is 242 g/mol. The van der Waals surface area contributed by atoms with Crippen LogP contribution in [0.3, 0.4) is 0 Å². The van der Waals surface area contributed by atoms with Crippen LogP contribution in [-0.2, 0) is 0 Å². The maximum absolute atomic E-state index is 11.7. The van der Waals surface area contributed by atoms with E-state index in [-0.39, 0.29) is 11.1 Å². The van der Waals surface area contributed by atoms with E-state index in [0.717, 1.165) is 5.56 Å². The molecule has 19 heavy (non-hydrogen) atoms. The molecule has 1 N–H and O–H groups in total. The maximum atomic E-state index is 11.7. The Bertz CT molecular complexity index is 746. The largest absolute Gasteiger partial charge is 0.497 e. The van der Waals surface area contributed by atoms with E-state index in [1.54, 1.807) is 37.4 Å². The molecule has 2 aromatic rings. The lowest BCUT2D eigenvalue weighted by atomic mass is 10.1. The zero-order valence-corrected chi connectivity index (χ0v) is 10.1. The smallest absolute Gasteiger partial charge is 0.267 e. The van der Waals surface area contributed by atoms with Gasteiger partial charge in [-0.25, -0.2) is 0 Å². The number of ether oxygens (including phenoxy) is 1. The van der Waals surface area contributed by atoms with Crippen molar-refractivity contribution in [2.45, 2.75) is 0 Å². The van der Waals surface area contributed by atoms with E-state index in [9.17, 15) is 4.79 Å². The quantitative estimate of drug-likeness (QED) is 0.881. The number of nitrogens with one attached hydrogen (secondary N) is 1. The summed E-state index contributed by atoms with van der Waals surface area (Å²) in [6.45, 7) is 0. The molecule has 1 aromatic carbocycles. The van der Waals surface area contributed by atoms with Gasteiger partial charge in [0.1, 0.15) is 23.5 Å². The third-order valence-corrected chi connectivity index (χ3v) is 2.67. The first-order valence-electron chi connectivity index (χ1n) is 5.41. The molecule has 0 atom stereocenters.